The molecule has 1 amide bonds. The first kappa shape index (κ1) is 19.5. The summed E-state index contributed by atoms with van der Waals surface area (Å²) in [6, 6.07) is 6.36. The number of hydrogen-bond donors (Lipinski definition) is 2. The minimum atomic E-state index is -0.0484. The predicted molar refractivity (Wildman–Crippen MR) is 103 cm³/mol. The van der Waals surface area contributed by atoms with E-state index >= 15 is 0 Å². The summed E-state index contributed by atoms with van der Waals surface area (Å²) in [5, 5.41) is 10.8. The number of amides is 1. The van der Waals surface area contributed by atoms with Crippen LogP contribution >= 0.6 is 12.4 Å². The van der Waals surface area contributed by atoms with Gasteiger partial charge in [-0.15, -0.1) is 12.4 Å². The van der Waals surface area contributed by atoms with Crippen LogP contribution in [-0.4, -0.2) is 35.8 Å². The molecule has 0 saturated heterocycles. The third-order valence-electron chi connectivity index (χ3n) is 4.61. The highest BCUT2D eigenvalue weighted by Crippen LogP contribution is 2.29. The molecule has 2 N–H and O–H groups in total. The van der Waals surface area contributed by atoms with Crippen LogP contribution < -0.4 is 10.6 Å². The summed E-state index contributed by atoms with van der Waals surface area (Å²) in [7, 11) is 1.92. The van der Waals surface area contributed by atoms with Crippen molar-refractivity contribution in [2.75, 3.05) is 20.1 Å². The standard InChI is InChI=1S/C19H26N4O.ClH/c1-13-8-9-16(14(2)12-13)23-17-7-4-6-15(17)18(22-23)19(24)21-11-5-10-20-3;/h8-9,12,20H,4-7,10-11H2,1-3H3,(H,21,24);1H. The van der Waals surface area contributed by atoms with Gasteiger partial charge in [0.25, 0.3) is 5.91 Å². The lowest BCUT2D eigenvalue weighted by Crippen LogP contribution is -2.27. The van der Waals surface area contributed by atoms with Crippen molar-refractivity contribution < 1.29 is 4.79 Å². The van der Waals surface area contributed by atoms with Gasteiger partial charge >= 0.3 is 0 Å². The van der Waals surface area contributed by atoms with Crippen molar-refractivity contribution in [1.82, 2.24) is 20.4 Å². The molecule has 5 nitrogen and oxygen atoms in total. The molecule has 136 valence electrons. The number of carbonyl (C=O) groups excluding carboxylic acids is 1. The molecule has 1 aromatic heterocycles. The van der Waals surface area contributed by atoms with Crippen LogP contribution in [0.2, 0.25) is 0 Å². The number of hydrogen-bond acceptors (Lipinski definition) is 3. The average molecular weight is 363 g/mol. The maximum absolute atomic E-state index is 12.5. The molecular weight excluding hydrogens is 336 g/mol. The van der Waals surface area contributed by atoms with Gasteiger partial charge in [0.2, 0.25) is 0 Å². The summed E-state index contributed by atoms with van der Waals surface area (Å²) in [6.45, 7) is 5.76. The first-order valence-corrected chi connectivity index (χ1v) is 8.73. The zero-order valence-electron chi connectivity index (χ0n) is 15.2. The van der Waals surface area contributed by atoms with E-state index in [1.807, 2.05) is 11.7 Å². The largest absolute Gasteiger partial charge is 0.351 e. The molecule has 25 heavy (non-hydrogen) atoms. The molecule has 1 heterocycles. The summed E-state index contributed by atoms with van der Waals surface area (Å²) in [6.07, 6.45) is 3.95. The molecular formula is C19H27ClN4O. The van der Waals surface area contributed by atoms with E-state index in [-0.39, 0.29) is 18.3 Å². The summed E-state index contributed by atoms with van der Waals surface area (Å²) in [5.74, 6) is -0.0484. The van der Waals surface area contributed by atoms with E-state index in [2.05, 4.69) is 47.8 Å². The van der Waals surface area contributed by atoms with E-state index in [0.717, 1.165) is 43.5 Å². The smallest absolute Gasteiger partial charge is 0.272 e. The van der Waals surface area contributed by atoms with Crippen LogP contribution in [0.5, 0.6) is 0 Å². The second kappa shape index (κ2) is 8.50. The zero-order valence-corrected chi connectivity index (χ0v) is 16.0. The highest BCUT2D eigenvalue weighted by Gasteiger charge is 2.27. The van der Waals surface area contributed by atoms with E-state index in [4.69, 9.17) is 0 Å². The minimum absolute atomic E-state index is 0. The number of nitrogens with zero attached hydrogens (tertiary/aromatic N) is 2. The zero-order chi connectivity index (χ0) is 17.1. The van der Waals surface area contributed by atoms with Crippen molar-refractivity contribution in [2.45, 2.75) is 39.5 Å². The topological polar surface area (TPSA) is 58.9 Å². The van der Waals surface area contributed by atoms with Gasteiger partial charge in [-0.2, -0.15) is 5.10 Å². The lowest BCUT2D eigenvalue weighted by atomic mass is 10.1. The molecule has 0 aliphatic heterocycles. The fourth-order valence-electron chi connectivity index (χ4n) is 3.41. The van der Waals surface area contributed by atoms with Crippen molar-refractivity contribution in [3.63, 3.8) is 0 Å². The second-order valence-corrected chi connectivity index (χ2v) is 6.54. The molecule has 0 radical (unpaired) electrons. The quantitative estimate of drug-likeness (QED) is 0.777. The molecule has 1 aromatic carbocycles. The Hall–Kier alpha value is -1.85. The van der Waals surface area contributed by atoms with Gasteiger partial charge in [0.15, 0.2) is 5.69 Å². The van der Waals surface area contributed by atoms with Crippen molar-refractivity contribution in [3.05, 3.63) is 46.3 Å². The van der Waals surface area contributed by atoms with Crippen LogP contribution in [0, 0.1) is 13.8 Å². The van der Waals surface area contributed by atoms with Crippen molar-refractivity contribution >= 4 is 18.3 Å². The van der Waals surface area contributed by atoms with Gasteiger partial charge in [-0.25, -0.2) is 4.68 Å². The Balaban J connectivity index is 0.00000225. The van der Waals surface area contributed by atoms with Crippen molar-refractivity contribution in [3.8, 4) is 5.69 Å². The van der Waals surface area contributed by atoms with E-state index < -0.39 is 0 Å². The Labute approximate surface area is 155 Å². The number of carbonyl (C=O) groups is 1. The third kappa shape index (κ3) is 4.05. The molecule has 1 aliphatic carbocycles. The Morgan fingerprint density at radius 1 is 1.24 bits per heavy atom. The van der Waals surface area contributed by atoms with E-state index in [9.17, 15) is 4.79 Å². The Bertz CT molecular complexity index is 754. The Morgan fingerprint density at radius 3 is 2.76 bits per heavy atom. The molecule has 1 aliphatic rings. The molecule has 0 fully saturated rings. The molecule has 0 spiro atoms. The number of halogens is 1. The van der Waals surface area contributed by atoms with Gasteiger partial charge in [0.05, 0.1) is 5.69 Å². The molecule has 0 unspecified atom stereocenters. The second-order valence-electron chi connectivity index (χ2n) is 6.54. The van der Waals surface area contributed by atoms with Crippen LogP contribution in [0.25, 0.3) is 5.69 Å². The van der Waals surface area contributed by atoms with Crippen LogP contribution in [0.4, 0.5) is 0 Å². The fraction of sp³-hybridized carbons (Fsp3) is 0.474. The van der Waals surface area contributed by atoms with Gasteiger partial charge in [0, 0.05) is 17.8 Å². The summed E-state index contributed by atoms with van der Waals surface area (Å²) < 4.78 is 1.99. The highest BCUT2D eigenvalue weighted by molar-refractivity contribution is 5.94. The summed E-state index contributed by atoms with van der Waals surface area (Å²) in [5.41, 5.74) is 6.43. The number of benzene rings is 1. The normalized spacial score (nSPS) is 12.6. The lowest BCUT2D eigenvalue weighted by molar-refractivity contribution is 0.0947. The molecule has 0 bridgehead atoms. The predicted octanol–water partition coefficient (Wildman–Crippen LogP) is 2.74. The molecule has 2 aromatic rings. The Morgan fingerprint density at radius 2 is 2.04 bits per heavy atom. The van der Waals surface area contributed by atoms with Gasteiger partial charge in [-0.05, 0) is 64.8 Å². The van der Waals surface area contributed by atoms with Crippen LogP contribution in [0.15, 0.2) is 18.2 Å². The number of fused-ring (bicyclic) bond motifs is 1. The lowest BCUT2D eigenvalue weighted by Gasteiger charge is -2.09. The third-order valence-corrected chi connectivity index (χ3v) is 4.61. The highest BCUT2D eigenvalue weighted by atomic mass is 35.5. The SMILES string of the molecule is CNCCCNC(=O)c1nn(-c2ccc(C)cc2C)c2c1CCC2.Cl. The van der Waals surface area contributed by atoms with Gasteiger partial charge < -0.3 is 10.6 Å². The van der Waals surface area contributed by atoms with E-state index in [0.29, 0.717) is 12.2 Å². The Kier molecular flexibility index (Phi) is 6.62. The first-order valence-electron chi connectivity index (χ1n) is 8.73. The maximum atomic E-state index is 12.5. The number of rotatable bonds is 6. The first-order chi connectivity index (χ1) is 11.6. The monoisotopic (exact) mass is 362 g/mol. The molecule has 0 atom stereocenters. The van der Waals surface area contributed by atoms with Crippen molar-refractivity contribution in [1.29, 1.82) is 0 Å². The number of aryl methyl sites for hydroxylation is 2. The molecule has 3 rings (SSSR count). The number of aromatic nitrogens is 2. The number of nitrogens with one attached hydrogen (secondary N) is 2. The average Bonchev–Trinajstić information content (AvgIpc) is 3.14. The van der Waals surface area contributed by atoms with Crippen LogP contribution in [0.1, 0.15) is 45.7 Å². The van der Waals surface area contributed by atoms with E-state index in [1.54, 1.807) is 0 Å². The minimum Gasteiger partial charge on any atom is -0.351 e. The van der Waals surface area contributed by atoms with Gasteiger partial charge in [0.1, 0.15) is 0 Å². The van der Waals surface area contributed by atoms with E-state index in [1.165, 1.54) is 16.8 Å². The fourth-order valence-corrected chi connectivity index (χ4v) is 3.41. The molecule has 6 heteroatoms. The van der Waals surface area contributed by atoms with Crippen molar-refractivity contribution in [2.24, 2.45) is 0 Å². The van der Waals surface area contributed by atoms with Gasteiger partial charge in [-0.3, -0.25) is 4.79 Å². The van der Waals surface area contributed by atoms with Gasteiger partial charge in [-0.1, -0.05) is 17.7 Å². The van der Waals surface area contributed by atoms with Crippen LogP contribution in [-0.2, 0) is 12.8 Å². The summed E-state index contributed by atoms with van der Waals surface area (Å²) >= 11 is 0. The maximum Gasteiger partial charge on any atom is 0.272 e. The summed E-state index contributed by atoms with van der Waals surface area (Å²) in [4.78, 5) is 12.5. The van der Waals surface area contributed by atoms with Crippen LogP contribution in [0.3, 0.4) is 0 Å². The molecule has 0 saturated carbocycles.